The summed E-state index contributed by atoms with van der Waals surface area (Å²) in [7, 11) is 0. The Morgan fingerprint density at radius 3 is 2.65 bits per heavy atom. The Bertz CT molecular complexity index is 1370. The third-order valence-electron chi connectivity index (χ3n) is 5.36. The molecule has 0 bridgehead atoms. The second kappa shape index (κ2) is 7.31. The summed E-state index contributed by atoms with van der Waals surface area (Å²) < 4.78 is 5.95. The van der Waals surface area contributed by atoms with E-state index in [9.17, 15) is 14.7 Å². The van der Waals surface area contributed by atoms with Crippen LogP contribution >= 0.6 is 11.3 Å². The standard InChI is InChI=1S/C23H19N3O4S/c1-3-4-17-24-25-23(31-17)26-19(13-6-8-14(27)9-7-13)18-20(28)15-11-12(2)5-10-16(15)30-21(18)22(26)29/h5-11,19,27H,3-4H2,1-2H3/t19-/m0/s1. The number of anilines is 1. The summed E-state index contributed by atoms with van der Waals surface area (Å²) in [6, 6.07) is 11.1. The average molecular weight is 433 g/mol. The first kappa shape index (κ1) is 19.4. The smallest absolute Gasteiger partial charge is 0.297 e. The van der Waals surface area contributed by atoms with Crippen LogP contribution in [0.3, 0.4) is 0 Å². The minimum Gasteiger partial charge on any atom is -0.508 e. The number of hydrogen-bond acceptors (Lipinski definition) is 7. The first-order chi connectivity index (χ1) is 15.0. The third-order valence-corrected chi connectivity index (χ3v) is 6.34. The van der Waals surface area contributed by atoms with E-state index in [4.69, 9.17) is 4.42 Å². The van der Waals surface area contributed by atoms with Crippen molar-refractivity contribution in [3.05, 3.63) is 80.1 Å². The van der Waals surface area contributed by atoms with E-state index in [2.05, 4.69) is 10.2 Å². The number of carbonyl (C=O) groups excluding carboxylic acids is 1. The van der Waals surface area contributed by atoms with Crippen LogP contribution in [0.5, 0.6) is 5.75 Å². The number of hydrogen-bond donors (Lipinski definition) is 1. The van der Waals surface area contributed by atoms with Crippen LogP contribution < -0.4 is 10.3 Å². The van der Waals surface area contributed by atoms with Crippen LogP contribution in [0, 0.1) is 6.92 Å². The highest BCUT2D eigenvalue weighted by Gasteiger charge is 2.45. The predicted octanol–water partition coefficient (Wildman–Crippen LogP) is 4.36. The Morgan fingerprint density at radius 2 is 1.90 bits per heavy atom. The molecule has 5 rings (SSSR count). The van der Waals surface area contributed by atoms with Crippen molar-refractivity contribution in [1.82, 2.24) is 10.2 Å². The van der Waals surface area contributed by atoms with Crippen LogP contribution in [-0.2, 0) is 6.42 Å². The van der Waals surface area contributed by atoms with Gasteiger partial charge in [-0.3, -0.25) is 14.5 Å². The van der Waals surface area contributed by atoms with Crippen LogP contribution in [0.4, 0.5) is 5.13 Å². The summed E-state index contributed by atoms with van der Waals surface area (Å²) in [6.45, 7) is 3.95. The van der Waals surface area contributed by atoms with Gasteiger partial charge in [-0.15, -0.1) is 10.2 Å². The fraction of sp³-hybridized carbons (Fsp3) is 0.217. The summed E-state index contributed by atoms with van der Waals surface area (Å²) in [5, 5.41) is 19.9. The molecule has 0 unspecified atom stereocenters. The SMILES string of the molecule is CCCc1nnc(N2C(=O)c3oc4ccc(C)cc4c(=O)c3[C@@H]2c2ccc(O)cc2)s1. The molecule has 1 amide bonds. The van der Waals surface area contributed by atoms with Gasteiger partial charge in [0.05, 0.1) is 17.0 Å². The zero-order chi connectivity index (χ0) is 21.7. The van der Waals surface area contributed by atoms with E-state index < -0.39 is 11.9 Å². The topological polar surface area (TPSA) is 96.5 Å². The van der Waals surface area contributed by atoms with E-state index in [0.29, 0.717) is 21.7 Å². The number of phenols is 1. The zero-order valence-electron chi connectivity index (χ0n) is 17.0. The van der Waals surface area contributed by atoms with Crippen LogP contribution in [0.2, 0.25) is 0 Å². The number of rotatable bonds is 4. The van der Waals surface area contributed by atoms with Crippen molar-refractivity contribution in [2.75, 3.05) is 4.90 Å². The van der Waals surface area contributed by atoms with Crippen molar-refractivity contribution in [3.63, 3.8) is 0 Å². The number of benzene rings is 2. The molecule has 0 saturated carbocycles. The van der Waals surface area contributed by atoms with Crippen molar-refractivity contribution in [3.8, 4) is 5.75 Å². The highest BCUT2D eigenvalue weighted by Crippen LogP contribution is 2.42. The van der Waals surface area contributed by atoms with E-state index in [1.54, 1.807) is 24.3 Å². The van der Waals surface area contributed by atoms with Gasteiger partial charge >= 0.3 is 0 Å². The van der Waals surface area contributed by atoms with Gasteiger partial charge in [-0.2, -0.15) is 0 Å². The number of amides is 1. The summed E-state index contributed by atoms with van der Waals surface area (Å²) in [5.74, 6) is -0.305. The molecule has 0 fully saturated rings. The van der Waals surface area contributed by atoms with E-state index in [-0.39, 0.29) is 22.5 Å². The molecule has 0 aliphatic carbocycles. The lowest BCUT2D eigenvalue weighted by molar-refractivity contribution is 0.0970. The van der Waals surface area contributed by atoms with E-state index >= 15 is 0 Å². The molecular formula is C23H19N3O4S. The molecule has 2 aromatic heterocycles. The summed E-state index contributed by atoms with van der Waals surface area (Å²) in [6.07, 6.45) is 1.67. The molecule has 4 aromatic rings. The zero-order valence-corrected chi connectivity index (χ0v) is 17.8. The van der Waals surface area contributed by atoms with Gasteiger partial charge in [0, 0.05) is 6.42 Å². The quantitative estimate of drug-likeness (QED) is 0.514. The van der Waals surface area contributed by atoms with Gasteiger partial charge in [0.15, 0.2) is 5.43 Å². The van der Waals surface area contributed by atoms with Gasteiger partial charge in [-0.25, -0.2) is 0 Å². The van der Waals surface area contributed by atoms with E-state index in [1.807, 2.05) is 19.9 Å². The highest BCUT2D eigenvalue weighted by atomic mass is 32.1. The molecule has 156 valence electrons. The minimum atomic E-state index is -0.716. The second-order valence-corrected chi connectivity index (χ2v) is 8.61. The van der Waals surface area contributed by atoms with Gasteiger partial charge in [0.25, 0.3) is 5.91 Å². The lowest BCUT2D eigenvalue weighted by Crippen LogP contribution is -2.29. The molecule has 7 nitrogen and oxygen atoms in total. The van der Waals surface area contributed by atoms with Gasteiger partial charge in [-0.1, -0.05) is 42.0 Å². The van der Waals surface area contributed by atoms with E-state index in [1.165, 1.54) is 28.4 Å². The largest absolute Gasteiger partial charge is 0.508 e. The summed E-state index contributed by atoms with van der Waals surface area (Å²) in [5.41, 5.74) is 2.01. The number of fused-ring (bicyclic) bond motifs is 2. The monoisotopic (exact) mass is 433 g/mol. The van der Waals surface area contributed by atoms with Crippen molar-refractivity contribution < 1.29 is 14.3 Å². The molecule has 8 heteroatoms. The maximum atomic E-state index is 13.5. The van der Waals surface area contributed by atoms with Crippen molar-refractivity contribution in [2.45, 2.75) is 32.7 Å². The normalized spacial score (nSPS) is 15.6. The molecule has 3 heterocycles. The number of nitrogens with zero attached hydrogens (tertiary/aromatic N) is 3. The third kappa shape index (κ3) is 3.11. The molecule has 0 saturated heterocycles. The van der Waals surface area contributed by atoms with Crippen LogP contribution in [0.15, 0.2) is 51.7 Å². The Labute approximate surface area is 181 Å². The summed E-state index contributed by atoms with van der Waals surface area (Å²) >= 11 is 1.33. The van der Waals surface area contributed by atoms with E-state index in [0.717, 1.165) is 23.4 Å². The van der Waals surface area contributed by atoms with Crippen molar-refractivity contribution >= 4 is 33.3 Å². The van der Waals surface area contributed by atoms with Gasteiger partial charge < -0.3 is 9.52 Å². The molecule has 1 aliphatic rings. The van der Waals surface area contributed by atoms with Gasteiger partial charge in [0.2, 0.25) is 10.9 Å². The molecule has 0 radical (unpaired) electrons. The fourth-order valence-electron chi connectivity index (χ4n) is 3.91. The second-order valence-electron chi connectivity index (χ2n) is 7.57. The van der Waals surface area contributed by atoms with Gasteiger partial charge in [-0.05, 0) is 43.2 Å². The molecule has 1 aliphatic heterocycles. The highest BCUT2D eigenvalue weighted by molar-refractivity contribution is 7.15. The maximum absolute atomic E-state index is 13.5. The molecule has 0 spiro atoms. The van der Waals surface area contributed by atoms with Crippen LogP contribution in [0.25, 0.3) is 11.0 Å². The van der Waals surface area contributed by atoms with Crippen LogP contribution in [0.1, 0.15) is 51.6 Å². The van der Waals surface area contributed by atoms with Crippen molar-refractivity contribution in [1.29, 1.82) is 0 Å². The Kier molecular flexibility index (Phi) is 4.59. The van der Waals surface area contributed by atoms with Gasteiger partial charge in [0.1, 0.15) is 16.3 Å². The molecule has 2 aromatic carbocycles. The Morgan fingerprint density at radius 1 is 1.13 bits per heavy atom. The number of aromatic nitrogens is 2. The number of aryl methyl sites for hydroxylation is 2. The Hall–Kier alpha value is -3.52. The lowest BCUT2D eigenvalue weighted by atomic mass is 9.98. The fourth-order valence-corrected chi connectivity index (χ4v) is 4.88. The van der Waals surface area contributed by atoms with Crippen LogP contribution in [-0.4, -0.2) is 21.2 Å². The molecule has 1 atom stereocenters. The minimum absolute atomic E-state index is 0.0201. The number of carbonyl (C=O) groups is 1. The first-order valence-electron chi connectivity index (χ1n) is 10.00. The maximum Gasteiger partial charge on any atom is 0.297 e. The Balaban J connectivity index is 1.77. The number of aromatic hydroxyl groups is 1. The molecule has 1 N–H and O–H groups in total. The first-order valence-corrected chi connectivity index (χ1v) is 10.8. The molecule has 31 heavy (non-hydrogen) atoms. The number of phenolic OH excluding ortho intramolecular Hbond substituents is 1. The molecular weight excluding hydrogens is 414 g/mol. The average Bonchev–Trinajstić information content (AvgIpc) is 3.32. The lowest BCUT2D eigenvalue weighted by Gasteiger charge is -2.22. The van der Waals surface area contributed by atoms with Crippen molar-refractivity contribution in [2.24, 2.45) is 0 Å². The summed E-state index contributed by atoms with van der Waals surface area (Å²) in [4.78, 5) is 28.5. The predicted molar refractivity (Wildman–Crippen MR) is 118 cm³/mol.